The summed E-state index contributed by atoms with van der Waals surface area (Å²) in [5.41, 5.74) is 1.65. The number of carbonyl (C=O) groups is 2. The van der Waals surface area contributed by atoms with Gasteiger partial charge in [-0.2, -0.15) is 0 Å². The first kappa shape index (κ1) is 22.3. The second-order valence-electron chi connectivity index (χ2n) is 6.86. The van der Waals surface area contributed by atoms with Crippen molar-refractivity contribution in [2.24, 2.45) is 0 Å². The monoisotopic (exact) mass is 399 g/mol. The Morgan fingerprint density at radius 3 is 2.34 bits per heavy atom. The number of ether oxygens (including phenoxy) is 2. The van der Waals surface area contributed by atoms with Gasteiger partial charge >= 0.3 is 12.1 Å². The lowest BCUT2D eigenvalue weighted by Gasteiger charge is -2.18. The standard InChI is InChI=1S/C23H29NO5/c1-2-3-4-8-15-28-22(26)21(16-18-11-13-20(25)14-12-18)24-23(27)29-17-19-9-6-5-7-10-19/h5-7,9-14,21,25H,2-4,8,15-17H2,1H3,(H,24,27)/t21-/m0/s1. The normalized spacial score (nSPS) is 11.5. The van der Waals surface area contributed by atoms with E-state index in [-0.39, 0.29) is 18.8 Å². The van der Waals surface area contributed by atoms with Crippen LogP contribution in [-0.2, 0) is 27.3 Å². The maximum absolute atomic E-state index is 12.5. The Labute approximate surface area is 171 Å². The molecule has 156 valence electrons. The Kier molecular flexibility index (Phi) is 9.55. The average molecular weight is 399 g/mol. The van der Waals surface area contributed by atoms with Crippen LogP contribution in [0, 0.1) is 0 Å². The van der Waals surface area contributed by atoms with Gasteiger partial charge in [-0.3, -0.25) is 0 Å². The third kappa shape index (κ3) is 8.68. The van der Waals surface area contributed by atoms with Gasteiger partial charge in [-0.25, -0.2) is 9.59 Å². The molecular formula is C23H29NO5. The summed E-state index contributed by atoms with van der Waals surface area (Å²) in [5, 5.41) is 12.0. The number of benzene rings is 2. The number of aromatic hydroxyl groups is 1. The molecule has 6 nitrogen and oxygen atoms in total. The highest BCUT2D eigenvalue weighted by molar-refractivity contribution is 5.81. The van der Waals surface area contributed by atoms with Crippen LogP contribution in [0.3, 0.4) is 0 Å². The van der Waals surface area contributed by atoms with Crippen molar-refractivity contribution in [3.63, 3.8) is 0 Å². The van der Waals surface area contributed by atoms with Gasteiger partial charge in [-0.15, -0.1) is 0 Å². The summed E-state index contributed by atoms with van der Waals surface area (Å²) in [4.78, 5) is 24.7. The van der Waals surface area contributed by atoms with Crippen molar-refractivity contribution < 1.29 is 24.2 Å². The lowest BCUT2D eigenvalue weighted by molar-refractivity contribution is -0.146. The molecule has 0 aliphatic heterocycles. The quantitative estimate of drug-likeness (QED) is 0.433. The molecule has 1 atom stereocenters. The van der Waals surface area contributed by atoms with Crippen LogP contribution in [0.4, 0.5) is 4.79 Å². The molecule has 0 saturated heterocycles. The molecule has 6 heteroatoms. The highest BCUT2D eigenvalue weighted by Crippen LogP contribution is 2.12. The predicted molar refractivity (Wildman–Crippen MR) is 110 cm³/mol. The summed E-state index contributed by atoms with van der Waals surface area (Å²) in [6.45, 7) is 2.56. The van der Waals surface area contributed by atoms with Gasteiger partial charge in [-0.1, -0.05) is 68.7 Å². The highest BCUT2D eigenvalue weighted by Gasteiger charge is 2.23. The van der Waals surface area contributed by atoms with Crippen molar-refractivity contribution in [1.82, 2.24) is 5.32 Å². The number of rotatable bonds is 11. The molecule has 2 aromatic rings. The van der Waals surface area contributed by atoms with Crippen LogP contribution in [0.25, 0.3) is 0 Å². The Bertz CT molecular complexity index is 746. The van der Waals surface area contributed by atoms with E-state index in [4.69, 9.17) is 9.47 Å². The Balaban J connectivity index is 1.92. The maximum Gasteiger partial charge on any atom is 0.408 e. The molecule has 2 rings (SSSR count). The first-order chi connectivity index (χ1) is 14.1. The van der Waals surface area contributed by atoms with Gasteiger partial charge < -0.3 is 19.9 Å². The number of phenolic OH excluding ortho intramolecular Hbond substituents is 1. The molecule has 0 saturated carbocycles. The minimum Gasteiger partial charge on any atom is -0.508 e. The number of alkyl carbamates (subject to hydrolysis) is 1. The number of amides is 1. The molecule has 0 aliphatic carbocycles. The van der Waals surface area contributed by atoms with Crippen molar-refractivity contribution in [1.29, 1.82) is 0 Å². The van der Waals surface area contributed by atoms with E-state index < -0.39 is 18.1 Å². The molecule has 0 unspecified atom stereocenters. The van der Waals surface area contributed by atoms with Gasteiger partial charge in [-0.05, 0) is 29.7 Å². The SMILES string of the molecule is CCCCCCOC(=O)[C@H](Cc1ccc(O)cc1)NC(=O)OCc1ccccc1. The van der Waals surface area contributed by atoms with Crippen LogP contribution in [0.1, 0.15) is 43.7 Å². The molecular weight excluding hydrogens is 370 g/mol. The first-order valence-corrected chi connectivity index (χ1v) is 10.00. The molecule has 0 radical (unpaired) electrons. The van der Waals surface area contributed by atoms with Crippen LogP contribution >= 0.6 is 0 Å². The lowest BCUT2D eigenvalue weighted by atomic mass is 10.1. The molecule has 0 spiro atoms. The summed E-state index contributed by atoms with van der Waals surface area (Å²) in [6, 6.07) is 14.9. The predicted octanol–water partition coefficient (Wildman–Crippen LogP) is 4.35. The summed E-state index contributed by atoms with van der Waals surface area (Å²) in [6.07, 6.45) is 3.56. The van der Waals surface area contributed by atoms with E-state index in [1.165, 1.54) is 12.1 Å². The number of unbranched alkanes of at least 4 members (excludes halogenated alkanes) is 3. The van der Waals surface area contributed by atoms with E-state index in [1.807, 2.05) is 30.3 Å². The fourth-order valence-electron chi connectivity index (χ4n) is 2.77. The van der Waals surface area contributed by atoms with E-state index in [2.05, 4.69) is 12.2 Å². The number of carbonyl (C=O) groups excluding carboxylic acids is 2. The number of hydrogen-bond donors (Lipinski definition) is 2. The van der Waals surface area contributed by atoms with Gasteiger partial charge in [0.05, 0.1) is 6.61 Å². The molecule has 29 heavy (non-hydrogen) atoms. The van der Waals surface area contributed by atoms with E-state index >= 15 is 0 Å². The van der Waals surface area contributed by atoms with E-state index in [9.17, 15) is 14.7 Å². The zero-order valence-corrected chi connectivity index (χ0v) is 16.8. The van der Waals surface area contributed by atoms with E-state index in [0.717, 1.165) is 36.8 Å². The molecule has 0 bridgehead atoms. The van der Waals surface area contributed by atoms with Crippen LogP contribution in [-0.4, -0.2) is 29.8 Å². The minimum atomic E-state index is -0.867. The second kappa shape index (κ2) is 12.4. The number of nitrogens with one attached hydrogen (secondary N) is 1. The Morgan fingerprint density at radius 1 is 0.931 bits per heavy atom. The molecule has 0 heterocycles. The molecule has 2 aromatic carbocycles. The third-order valence-corrected chi connectivity index (χ3v) is 4.41. The van der Waals surface area contributed by atoms with Crippen molar-refractivity contribution in [2.45, 2.75) is 51.7 Å². The summed E-state index contributed by atoms with van der Waals surface area (Å²) < 4.78 is 10.6. The van der Waals surface area contributed by atoms with Gasteiger partial charge in [0.2, 0.25) is 0 Å². The largest absolute Gasteiger partial charge is 0.508 e. The Hall–Kier alpha value is -3.02. The van der Waals surface area contributed by atoms with Crippen LogP contribution in [0.5, 0.6) is 5.75 Å². The topological polar surface area (TPSA) is 84.9 Å². The van der Waals surface area contributed by atoms with Crippen LogP contribution < -0.4 is 5.32 Å². The van der Waals surface area contributed by atoms with E-state index in [0.29, 0.717) is 6.61 Å². The van der Waals surface area contributed by atoms with Gasteiger partial charge in [0.1, 0.15) is 18.4 Å². The molecule has 1 amide bonds. The third-order valence-electron chi connectivity index (χ3n) is 4.41. The van der Waals surface area contributed by atoms with Crippen molar-refractivity contribution in [3.8, 4) is 5.75 Å². The summed E-state index contributed by atoms with van der Waals surface area (Å²) >= 11 is 0. The number of esters is 1. The molecule has 2 N–H and O–H groups in total. The van der Waals surface area contributed by atoms with Crippen molar-refractivity contribution in [3.05, 3.63) is 65.7 Å². The van der Waals surface area contributed by atoms with Crippen molar-refractivity contribution in [2.75, 3.05) is 6.61 Å². The van der Waals surface area contributed by atoms with E-state index in [1.54, 1.807) is 12.1 Å². The summed E-state index contributed by atoms with van der Waals surface area (Å²) in [5.74, 6) is -0.356. The molecule has 0 aliphatic rings. The number of phenols is 1. The zero-order chi connectivity index (χ0) is 20.9. The molecule has 0 fully saturated rings. The van der Waals surface area contributed by atoms with Gasteiger partial charge in [0, 0.05) is 6.42 Å². The minimum absolute atomic E-state index is 0.116. The number of hydrogen-bond acceptors (Lipinski definition) is 5. The average Bonchev–Trinajstić information content (AvgIpc) is 2.74. The van der Waals surface area contributed by atoms with Gasteiger partial charge in [0.25, 0.3) is 0 Å². The lowest BCUT2D eigenvalue weighted by Crippen LogP contribution is -2.43. The fraction of sp³-hybridized carbons (Fsp3) is 0.391. The highest BCUT2D eigenvalue weighted by atomic mass is 16.6. The van der Waals surface area contributed by atoms with Gasteiger partial charge in [0.15, 0.2) is 0 Å². The Morgan fingerprint density at radius 2 is 1.66 bits per heavy atom. The maximum atomic E-state index is 12.5. The second-order valence-corrected chi connectivity index (χ2v) is 6.86. The fourth-order valence-corrected chi connectivity index (χ4v) is 2.77. The van der Waals surface area contributed by atoms with Crippen LogP contribution in [0.15, 0.2) is 54.6 Å². The summed E-state index contributed by atoms with van der Waals surface area (Å²) in [7, 11) is 0. The zero-order valence-electron chi connectivity index (χ0n) is 16.8. The smallest absolute Gasteiger partial charge is 0.408 e. The van der Waals surface area contributed by atoms with Crippen LogP contribution in [0.2, 0.25) is 0 Å². The first-order valence-electron chi connectivity index (χ1n) is 10.00. The molecule has 0 aromatic heterocycles. The van der Waals surface area contributed by atoms with Crippen molar-refractivity contribution >= 4 is 12.1 Å².